The predicted molar refractivity (Wildman–Crippen MR) is 101 cm³/mol. The van der Waals surface area contributed by atoms with E-state index < -0.39 is 22.0 Å². The summed E-state index contributed by atoms with van der Waals surface area (Å²) in [6.45, 7) is 3.70. The van der Waals surface area contributed by atoms with Gasteiger partial charge in [-0.25, -0.2) is 12.8 Å². The summed E-state index contributed by atoms with van der Waals surface area (Å²) in [7, 11) is -3.84. The molecule has 1 atom stereocenters. The lowest BCUT2D eigenvalue weighted by Crippen LogP contribution is -2.49. The summed E-state index contributed by atoms with van der Waals surface area (Å²) in [5.74, 6) is -1.05. The van der Waals surface area contributed by atoms with Gasteiger partial charge in [0.1, 0.15) is 11.9 Å². The Balaban J connectivity index is 2.08. The van der Waals surface area contributed by atoms with Crippen molar-refractivity contribution in [2.75, 3.05) is 0 Å². The molecule has 0 spiro atoms. The van der Waals surface area contributed by atoms with Crippen molar-refractivity contribution in [3.63, 3.8) is 0 Å². The number of hydrogen-bond donors (Lipinski definition) is 2. The topological polar surface area (TPSA) is 75.3 Å². The van der Waals surface area contributed by atoms with E-state index >= 15 is 0 Å². The molecule has 0 aliphatic heterocycles. The quantitative estimate of drug-likeness (QED) is 0.690. The highest BCUT2D eigenvalue weighted by Crippen LogP contribution is 2.16. The molecular formula is C18H20BrFN2O3S. The molecule has 0 radical (unpaired) electrons. The van der Waals surface area contributed by atoms with Gasteiger partial charge in [0.15, 0.2) is 0 Å². The third kappa shape index (κ3) is 5.62. The van der Waals surface area contributed by atoms with Crippen molar-refractivity contribution in [1.82, 2.24) is 10.0 Å². The molecule has 2 N–H and O–H groups in total. The van der Waals surface area contributed by atoms with Gasteiger partial charge < -0.3 is 5.32 Å². The average Bonchev–Trinajstić information content (AvgIpc) is 2.59. The Hall–Kier alpha value is -1.77. The van der Waals surface area contributed by atoms with Crippen molar-refractivity contribution < 1.29 is 17.6 Å². The second kappa shape index (κ2) is 8.75. The fourth-order valence-corrected chi connectivity index (χ4v) is 3.85. The summed E-state index contributed by atoms with van der Waals surface area (Å²) >= 11 is 3.25. The highest BCUT2D eigenvalue weighted by Gasteiger charge is 2.28. The SMILES string of the molecule is CC(C)[C@H](NS(=O)(=O)c1ccc(Br)cc1)C(=O)NCc1ccc(F)cc1. The van der Waals surface area contributed by atoms with Crippen molar-refractivity contribution >= 4 is 31.9 Å². The number of carbonyl (C=O) groups is 1. The van der Waals surface area contributed by atoms with Gasteiger partial charge >= 0.3 is 0 Å². The van der Waals surface area contributed by atoms with Gasteiger partial charge in [-0.1, -0.05) is 41.9 Å². The molecule has 26 heavy (non-hydrogen) atoms. The first-order valence-electron chi connectivity index (χ1n) is 7.99. The minimum atomic E-state index is -3.84. The zero-order chi connectivity index (χ0) is 19.3. The van der Waals surface area contributed by atoms with Crippen LogP contribution < -0.4 is 10.0 Å². The fraction of sp³-hybridized carbons (Fsp3) is 0.278. The van der Waals surface area contributed by atoms with Crippen LogP contribution in [0.2, 0.25) is 0 Å². The Morgan fingerprint density at radius 1 is 1.08 bits per heavy atom. The lowest BCUT2D eigenvalue weighted by Gasteiger charge is -2.21. The maximum Gasteiger partial charge on any atom is 0.241 e. The molecule has 2 aromatic rings. The molecular weight excluding hydrogens is 423 g/mol. The van der Waals surface area contributed by atoms with Crippen molar-refractivity contribution in [2.45, 2.75) is 31.3 Å². The van der Waals surface area contributed by atoms with Crippen LogP contribution in [0.1, 0.15) is 19.4 Å². The summed E-state index contributed by atoms with van der Waals surface area (Å²) in [4.78, 5) is 12.5. The molecule has 0 saturated carbocycles. The van der Waals surface area contributed by atoms with Gasteiger partial charge in [-0.15, -0.1) is 0 Å². The molecule has 0 unspecified atom stereocenters. The standard InChI is InChI=1S/C18H20BrFN2O3S/c1-12(2)17(18(23)21-11-13-3-7-15(20)8-4-13)22-26(24,25)16-9-5-14(19)6-10-16/h3-10,12,17,22H,11H2,1-2H3,(H,21,23)/t17-/m0/s1. The van der Waals surface area contributed by atoms with E-state index in [0.717, 1.165) is 10.0 Å². The van der Waals surface area contributed by atoms with Crippen molar-refractivity contribution in [1.29, 1.82) is 0 Å². The van der Waals surface area contributed by atoms with E-state index in [1.807, 2.05) is 0 Å². The van der Waals surface area contributed by atoms with Gasteiger partial charge in [0.25, 0.3) is 0 Å². The number of hydrogen-bond acceptors (Lipinski definition) is 3. The second-order valence-electron chi connectivity index (χ2n) is 6.14. The van der Waals surface area contributed by atoms with Crippen LogP contribution in [0.25, 0.3) is 0 Å². The molecule has 0 bridgehead atoms. The highest BCUT2D eigenvalue weighted by molar-refractivity contribution is 9.10. The second-order valence-corrected chi connectivity index (χ2v) is 8.77. The summed E-state index contributed by atoms with van der Waals surface area (Å²) in [6, 6.07) is 11.0. The molecule has 0 aliphatic carbocycles. The van der Waals surface area contributed by atoms with E-state index in [1.54, 1.807) is 38.1 Å². The molecule has 0 saturated heterocycles. The summed E-state index contributed by atoms with van der Waals surface area (Å²) in [6.07, 6.45) is 0. The third-order valence-corrected chi connectivity index (χ3v) is 5.72. The maximum absolute atomic E-state index is 12.9. The first-order valence-corrected chi connectivity index (χ1v) is 10.3. The van der Waals surface area contributed by atoms with Crippen molar-refractivity contribution in [3.8, 4) is 0 Å². The molecule has 5 nitrogen and oxygen atoms in total. The maximum atomic E-state index is 12.9. The summed E-state index contributed by atoms with van der Waals surface area (Å²) < 4.78 is 41.2. The van der Waals surface area contributed by atoms with Crippen LogP contribution in [0.5, 0.6) is 0 Å². The average molecular weight is 443 g/mol. The number of carbonyl (C=O) groups excluding carboxylic acids is 1. The number of rotatable bonds is 7. The highest BCUT2D eigenvalue weighted by atomic mass is 79.9. The van der Waals surface area contributed by atoms with E-state index in [2.05, 4.69) is 26.0 Å². The minimum absolute atomic E-state index is 0.0812. The lowest BCUT2D eigenvalue weighted by atomic mass is 10.0. The molecule has 8 heteroatoms. The van der Waals surface area contributed by atoms with Crippen LogP contribution in [0, 0.1) is 11.7 Å². The zero-order valence-electron chi connectivity index (χ0n) is 14.4. The van der Waals surface area contributed by atoms with Crippen LogP contribution in [0.4, 0.5) is 4.39 Å². The van der Waals surface area contributed by atoms with Gasteiger partial charge in [0, 0.05) is 11.0 Å². The van der Waals surface area contributed by atoms with Crippen molar-refractivity contribution in [3.05, 3.63) is 64.4 Å². The number of halogens is 2. The number of benzene rings is 2. The minimum Gasteiger partial charge on any atom is -0.351 e. The van der Waals surface area contributed by atoms with E-state index in [0.29, 0.717) is 0 Å². The van der Waals surface area contributed by atoms with Gasteiger partial charge in [-0.3, -0.25) is 4.79 Å². The number of amides is 1. The molecule has 2 aromatic carbocycles. The molecule has 0 heterocycles. The van der Waals surface area contributed by atoms with Crippen LogP contribution >= 0.6 is 15.9 Å². The molecule has 0 aromatic heterocycles. The monoisotopic (exact) mass is 442 g/mol. The third-order valence-electron chi connectivity index (χ3n) is 3.74. The Labute approximate surface area is 161 Å². The van der Waals surface area contributed by atoms with E-state index in [9.17, 15) is 17.6 Å². The summed E-state index contributed by atoms with van der Waals surface area (Å²) in [5, 5.41) is 2.69. The van der Waals surface area contributed by atoms with E-state index in [4.69, 9.17) is 0 Å². The van der Waals surface area contributed by atoms with Gasteiger partial charge in [0.05, 0.1) is 4.90 Å². The zero-order valence-corrected chi connectivity index (χ0v) is 16.8. The Morgan fingerprint density at radius 2 is 1.65 bits per heavy atom. The summed E-state index contributed by atoms with van der Waals surface area (Å²) in [5.41, 5.74) is 0.720. The molecule has 2 rings (SSSR count). The largest absolute Gasteiger partial charge is 0.351 e. The van der Waals surface area contributed by atoms with E-state index in [1.165, 1.54) is 24.3 Å². The Morgan fingerprint density at radius 3 is 2.19 bits per heavy atom. The normalized spacial score (nSPS) is 12.8. The van der Waals surface area contributed by atoms with E-state index in [-0.39, 0.29) is 23.2 Å². The fourth-order valence-electron chi connectivity index (χ4n) is 2.24. The first-order chi connectivity index (χ1) is 12.2. The van der Waals surface area contributed by atoms with Crippen LogP contribution in [0.15, 0.2) is 57.9 Å². The lowest BCUT2D eigenvalue weighted by molar-refractivity contribution is -0.123. The van der Waals surface area contributed by atoms with Gasteiger partial charge in [-0.05, 0) is 47.9 Å². The molecule has 140 valence electrons. The van der Waals surface area contributed by atoms with Crippen molar-refractivity contribution in [2.24, 2.45) is 5.92 Å². The van der Waals surface area contributed by atoms with Crippen LogP contribution in [0.3, 0.4) is 0 Å². The molecule has 0 aliphatic rings. The number of sulfonamides is 1. The Kier molecular flexibility index (Phi) is 6.91. The number of nitrogens with one attached hydrogen (secondary N) is 2. The van der Waals surface area contributed by atoms with Gasteiger partial charge in [0.2, 0.25) is 15.9 Å². The van der Waals surface area contributed by atoms with Gasteiger partial charge in [-0.2, -0.15) is 4.72 Å². The smallest absolute Gasteiger partial charge is 0.241 e. The predicted octanol–water partition coefficient (Wildman–Crippen LogP) is 3.21. The Bertz CT molecular complexity index is 853. The van der Waals surface area contributed by atoms with Crippen LogP contribution in [-0.2, 0) is 21.4 Å². The first kappa shape index (κ1) is 20.5. The molecule has 1 amide bonds. The molecule has 0 fully saturated rings. The van der Waals surface area contributed by atoms with Crippen LogP contribution in [-0.4, -0.2) is 20.4 Å².